The molecule has 1 atom stereocenters. The van der Waals surface area contributed by atoms with Gasteiger partial charge in [-0.05, 0) is 30.9 Å². The van der Waals surface area contributed by atoms with Crippen LogP contribution in [0.25, 0.3) is 0 Å². The van der Waals surface area contributed by atoms with E-state index >= 15 is 0 Å². The largest absolute Gasteiger partial charge is 0.392 e. The van der Waals surface area contributed by atoms with Gasteiger partial charge in [0.25, 0.3) is 5.56 Å². The van der Waals surface area contributed by atoms with Gasteiger partial charge in [0.2, 0.25) is 0 Å². The van der Waals surface area contributed by atoms with Crippen molar-refractivity contribution in [3.8, 4) is 6.07 Å². The number of halogens is 3. The SMILES string of the molecule is N#Cc1cc2c([nH]c1=O)CCC(C(F)(F)F)C2. The Morgan fingerprint density at radius 3 is 2.76 bits per heavy atom. The van der Waals surface area contributed by atoms with Crippen molar-refractivity contribution >= 4 is 0 Å². The molecule has 2 rings (SSSR count). The highest BCUT2D eigenvalue weighted by atomic mass is 19.4. The van der Waals surface area contributed by atoms with Crippen LogP contribution in [-0.4, -0.2) is 11.2 Å². The van der Waals surface area contributed by atoms with E-state index in [4.69, 9.17) is 5.26 Å². The standard InChI is InChI=1S/C11H9F3N2O/c12-11(13,14)8-1-2-9-6(4-8)3-7(5-15)10(17)16-9/h3,8H,1-2,4H2,(H,16,17). The molecule has 0 aliphatic heterocycles. The third kappa shape index (κ3) is 2.18. The fourth-order valence-corrected chi connectivity index (χ4v) is 2.07. The van der Waals surface area contributed by atoms with Gasteiger partial charge in [-0.25, -0.2) is 0 Å². The predicted octanol–water partition coefficient (Wildman–Crippen LogP) is 1.91. The molecular formula is C11H9F3N2O. The lowest BCUT2D eigenvalue weighted by Gasteiger charge is -2.26. The van der Waals surface area contributed by atoms with Crippen molar-refractivity contribution in [2.24, 2.45) is 5.92 Å². The first-order valence-electron chi connectivity index (χ1n) is 5.13. The molecule has 1 aliphatic rings. The zero-order valence-electron chi connectivity index (χ0n) is 8.77. The molecule has 1 heterocycles. The summed E-state index contributed by atoms with van der Waals surface area (Å²) in [5.74, 6) is -1.38. The molecule has 1 aromatic rings. The second-order valence-corrected chi connectivity index (χ2v) is 4.11. The molecule has 0 saturated heterocycles. The Labute approximate surface area is 94.9 Å². The zero-order chi connectivity index (χ0) is 12.6. The van der Waals surface area contributed by atoms with Crippen LogP contribution in [0, 0.1) is 17.2 Å². The summed E-state index contributed by atoms with van der Waals surface area (Å²) in [7, 11) is 0. The number of nitrogens with zero attached hydrogens (tertiary/aromatic N) is 1. The van der Waals surface area contributed by atoms with Crippen molar-refractivity contribution in [1.29, 1.82) is 5.26 Å². The first-order chi connectivity index (χ1) is 7.91. The summed E-state index contributed by atoms with van der Waals surface area (Å²) in [6.07, 6.45) is -4.20. The summed E-state index contributed by atoms with van der Waals surface area (Å²) in [5.41, 5.74) is 0.285. The van der Waals surface area contributed by atoms with Crippen LogP contribution in [0.4, 0.5) is 13.2 Å². The zero-order valence-corrected chi connectivity index (χ0v) is 8.77. The van der Waals surface area contributed by atoms with Crippen LogP contribution in [0.1, 0.15) is 23.2 Å². The van der Waals surface area contributed by atoms with Crippen LogP contribution >= 0.6 is 0 Å². The second-order valence-electron chi connectivity index (χ2n) is 4.11. The molecule has 0 aromatic carbocycles. The van der Waals surface area contributed by atoms with Crippen molar-refractivity contribution in [1.82, 2.24) is 4.98 Å². The fraction of sp³-hybridized carbons (Fsp3) is 0.455. The van der Waals surface area contributed by atoms with Gasteiger partial charge >= 0.3 is 6.18 Å². The first-order valence-corrected chi connectivity index (χ1v) is 5.13. The minimum atomic E-state index is -4.22. The summed E-state index contributed by atoms with van der Waals surface area (Å²) in [4.78, 5) is 13.8. The van der Waals surface area contributed by atoms with Crippen LogP contribution in [-0.2, 0) is 12.8 Å². The lowest BCUT2D eigenvalue weighted by Crippen LogP contribution is -2.30. The number of rotatable bonds is 0. The highest BCUT2D eigenvalue weighted by Crippen LogP contribution is 2.36. The Morgan fingerprint density at radius 2 is 2.18 bits per heavy atom. The third-order valence-corrected chi connectivity index (χ3v) is 3.01. The number of hydrogen-bond acceptors (Lipinski definition) is 2. The molecule has 1 N–H and O–H groups in total. The van der Waals surface area contributed by atoms with Crippen molar-refractivity contribution in [2.75, 3.05) is 0 Å². The first kappa shape index (κ1) is 11.7. The molecule has 6 heteroatoms. The summed E-state index contributed by atoms with van der Waals surface area (Å²) in [5, 5.41) is 8.65. The van der Waals surface area contributed by atoms with Crippen molar-refractivity contribution in [3.63, 3.8) is 0 Å². The third-order valence-electron chi connectivity index (χ3n) is 3.01. The van der Waals surface area contributed by atoms with Crippen molar-refractivity contribution in [3.05, 3.63) is 33.2 Å². The maximum atomic E-state index is 12.6. The summed E-state index contributed by atoms with van der Waals surface area (Å²) in [6, 6.07) is 2.94. The average molecular weight is 242 g/mol. The molecule has 1 aromatic heterocycles. The number of fused-ring (bicyclic) bond motifs is 1. The van der Waals surface area contributed by atoms with Crippen molar-refractivity contribution in [2.45, 2.75) is 25.4 Å². The number of aromatic nitrogens is 1. The molecule has 0 saturated carbocycles. The summed E-state index contributed by atoms with van der Waals surface area (Å²) >= 11 is 0. The Morgan fingerprint density at radius 1 is 1.47 bits per heavy atom. The van der Waals surface area contributed by atoms with Crippen LogP contribution in [0.2, 0.25) is 0 Å². The number of alkyl halides is 3. The molecule has 0 spiro atoms. The van der Waals surface area contributed by atoms with Crippen LogP contribution in [0.3, 0.4) is 0 Å². The Hall–Kier alpha value is -1.77. The van der Waals surface area contributed by atoms with Crippen molar-refractivity contribution < 1.29 is 13.2 Å². The van der Waals surface area contributed by atoms with E-state index in [-0.39, 0.29) is 24.8 Å². The number of aryl methyl sites for hydroxylation is 1. The Kier molecular flexibility index (Phi) is 2.69. The smallest absolute Gasteiger partial charge is 0.325 e. The number of nitrogens with one attached hydrogen (secondary N) is 1. The highest BCUT2D eigenvalue weighted by molar-refractivity contribution is 5.34. The predicted molar refractivity (Wildman–Crippen MR) is 53.3 cm³/mol. The monoisotopic (exact) mass is 242 g/mol. The van der Waals surface area contributed by atoms with Gasteiger partial charge in [0, 0.05) is 5.69 Å². The molecule has 0 fully saturated rings. The molecule has 0 bridgehead atoms. The fourth-order valence-electron chi connectivity index (χ4n) is 2.07. The minimum Gasteiger partial charge on any atom is -0.325 e. The van der Waals surface area contributed by atoms with E-state index < -0.39 is 17.7 Å². The molecule has 17 heavy (non-hydrogen) atoms. The van der Waals surface area contributed by atoms with Gasteiger partial charge in [0.1, 0.15) is 11.6 Å². The van der Waals surface area contributed by atoms with Gasteiger partial charge in [-0.1, -0.05) is 0 Å². The minimum absolute atomic E-state index is 0.0155. The number of nitriles is 1. The molecule has 0 radical (unpaired) electrons. The molecule has 1 unspecified atom stereocenters. The van der Waals surface area contributed by atoms with Gasteiger partial charge in [-0.15, -0.1) is 0 Å². The number of aromatic amines is 1. The topological polar surface area (TPSA) is 56.6 Å². The molecule has 1 aliphatic carbocycles. The van der Waals surface area contributed by atoms with E-state index in [9.17, 15) is 18.0 Å². The van der Waals surface area contributed by atoms with Crippen LogP contribution in [0.5, 0.6) is 0 Å². The van der Waals surface area contributed by atoms with E-state index in [1.807, 2.05) is 0 Å². The molecule has 0 amide bonds. The van der Waals surface area contributed by atoms with Gasteiger partial charge < -0.3 is 4.98 Å². The van der Waals surface area contributed by atoms with E-state index in [2.05, 4.69) is 4.98 Å². The summed E-state index contributed by atoms with van der Waals surface area (Å²) < 4.78 is 37.7. The van der Waals surface area contributed by atoms with E-state index in [0.717, 1.165) is 0 Å². The number of H-pyrrole nitrogens is 1. The van der Waals surface area contributed by atoms with E-state index in [1.54, 1.807) is 6.07 Å². The Bertz CT molecular complexity index is 539. The number of pyridine rings is 1. The van der Waals surface area contributed by atoms with Crippen LogP contribution in [0.15, 0.2) is 10.9 Å². The Balaban J connectivity index is 2.39. The normalized spacial score (nSPS) is 19.5. The van der Waals surface area contributed by atoms with Gasteiger partial charge in [0.05, 0.1) is 5.92 Å². The molecule has 90 valence electrons. The maximum absolute atomic E-state index is 12.6. The van der Waals surface area contributed by atoms with E-state index in [1.165, 1.54) is 6.07 Å². The highest BCUT2D eigenvalue weighted by Gasteiger charge is 2.41. The van der Waals surface area contributed by atoms with Gasteiger partial charge in [-0.3, -0.25) is 4.79 Å². The lowest BCUT2D eigenvalue weighted by molar-refractivity contribution is -0.177. The average Bonchev–Trinajstić information content (AvgIpc) is 2.26. The molecular weight excluding hydrogens is 233 g/mol. The maximum Gasteiger partial charge on any atom is 0.392 e. The van der Waals surface area contributed by atoms with E-state index in [0.29, 0.717) is 11.3 Å². The quantitative estimate of drug-likeness (QED) is 0.755. The van der Waals surface area contributed by atoms with Crippen LogP contribution < -0.4 is 5.56 Å². The lowest BCUT2D eigenvalue weighted by atomic mass is 9.86. The molecule has 3 nitrogen and oxygen atoms in total. The van der Waals surface area contributed by atoms with Gasteiger partial charge in [-0.2, -0.15) is 18.4 Å². The summed E-state index contributed by atoms with van der Waals surface area (Å²) in [6.45, 7) is 0. The van der Waals surface area contributed by atoms with Gasteiger partial charge in [0.15, 0.2) is 0 Å². The number of hydrogen-bond donors (Lipinski definition) is 1. The second kappa shape index (κ2) is 3.91.